The second-order valence-electron chi connectivity index (χ2n) is 5.66. The number of ether oxygens (including phenoxy) is 1. The number of sulfone groups is 1. The molecule has 2 N–H and O–H groups in total. The number of hydrogen-bond donors (Lipinski definition) is 2. The van der Waals surface area contributed by atoms with Crippen molar-refractivity contribution < 1.29 is 17.9 Å². The van der Waals surface area contributed by atoms with Crippen molar-refractivity contribution in [3.8, 4) is 5.75 Å². The van der Waals surface area contributed by atoms with E-state index >= 15 is 0 Å². The van der Waals surface area contributed by atoms with Gasteiger partial charge in [0.25, 0.3) is 0 Å². The summed E-state index contributed by atoms with van der Waals surface area (Å²) in [5, 5.41) is 5.45. The fourth-order valence-electron chi connectivity index (χ4n) is 2.15. The molecule has 7 heteroatoms. The number of rotatable bonds is 8. The Morgan fingerprint density at radius 1 is 0.960 bits per heavy atom. The van der Waals surface area contributed by atoms with E-state index in [0.717, 1.165) is 16.9 Å². The van der Waals surface area contributed by atoms with Crippen LogP contribution < -0.4 is 15.4 Å². The molecular formula is C18H22N2O4S. The molecule has 0 spiro atoms. The first-order valence-electron chi connectivity index (χ1n) is 7.87. The number of para-hydroxylation sites is 1. The Kier molecular flexibility index (Phi) is 6.82. The molecule has 0 fully saturated rings. The molecule has 0 aromatic heterocycles. The lowest BCUT2D eigenvalue weighted by molar-refractivity contribution is 0.236. The highest BCUT2D eigenvalue weighted by atomic mass is 32.2. The summed E-state index contributed by atoms with van der Waals surface area (Å²) in [7, 11) is -3.04. The van der Waals surface area contributed by atoms with Gasteiger partial charge in [0.15, 0.2) is 9.84 Å². The van der Waals surface area contributed by atoms with Crippen molar-refractivity contribution in [1.82, 2.24) is 10.6 Å². The molecule has 6 nitrogen and oxygen atoms in total. The van der Waals surface area contributed by atoms with Crippen LogP contribution in [0.3, 0.4) is 0 Å². The molecule has 0 radical (unpaired) electrons. The predicted octanol–water partition coefficient (Wildman–Crippen LogP) is 2.11. The summed E-state index contributed by atoms with van der Waals surface area (Å²) in [6.45, 7) is 1.15. The fourth-order valence-corrected chi connectivity index (χ4v) is 2.95. The van der Waals surface area contributed by atoms with E-state index in [0.29, 0.717) is 19.7 Å². The van der Waals surface area contributed by atoms with Crippen LogP contribution in [0, 0.1) is 0 Å². The standard InChI is InChI=1S/C18H22N2O4S/c1-25(22,23)14-16-9-7-15(8-10-16)13-20-18(21)19-11-12-24-17-5-3-2-4-6-17/h2-10H,11-14H2,1H3,(H2,19,20,21). The molecule has 134 valence electrons. The van der Waals surface area contributed by atoms with E-state index in [1.807, 2.05) is 30.3 Å². The first-order chi connectivity index (χ1) is 11.9. The zero-order chi connectivity index (χ0) is 18.1. The Balaban J connectivity index is 1.66. The molecule has 0 aliphatic carbocycles. The average molecular weight is 362 g/mol. The SMILES string of the molecule is CS(=O)(=O)Cc1ccc(CNC(=O)NCCOc2ccccc2)cc1. The minimum Gasteiger partial charge on any atom is -0.492 e. The van der Waals surface area contributed by atoms with Crippen LogP contribution in [0.1, 0.15) is 11.1 Å². The van der Waals surface area contributed by atoms with Crippen molar-refractivity contribution in [1.29, 1.82) is 0 Å². The second-order valence-corrected chi connectivity index (χ2v) is 7.80. The van der Waals surface area contributed by atoms with E-state index in [1.54, 1.807) is 24.3 Å². The van der Waals surface area contributed by atoms with Crippen molar-refractivity contribution in [2.45, 2.75) is 12.3 Å². The Morgan fingerprint density at radius 2 is 1.60 bits per heavy atom. The summed E-state index contributed by atoms with van der Waals surface area (Å²) in [5.74, 6) is 0.779. The van der Waals surface area contributed by atoms with Crippen molar-refractivity contribution in [3.05, 3.63) is 65.7 Å². The zero-order valence-corrected chi connectivity index (χ0v) is 14.9. The minimum atomic E-state index is -3.04. The van der Waals surface area contributed by atoms with E-state index in [1.165, 1.54) is 6.26 Å². The van der Waals surface area contributed by atoms with Gasteiger partial charge in [0.1, 0.15) is 12.4 Å². The quantitative estimate of drug-likeness (QED) is 0.705. The van der Waals surface area contributed by atoms with Gasteiger partial charge in [0.05, 0.1) is 12.3 Å². The van der Waals surface area contributed by atoms with E-state index in [-0.39, 0.29) is 11.8 Å². The van der Waals surface area contributed by atoms with Gasteiger partial charge in [-0.05, 0) is 23.3 Å². The highest BCUT2D eigenvalue weighted by Gasteiger charge is 2.05. The van der Waals surface area contributed by atoms with Crippen LogP contribution in [0.15, 0.2) is 54.6 Å². The lowest BCUT2D eigenvalue weighted by Gasteiger charge is -2.09. The highest BCUT2D eigenvalue weighted by Crippen LogP contribution is 2.08. The van der Waals surface area contributed by atoms with E-state index in [4.69, 9.17) is 4.74 Å². The molecule has 0 heterocycles. The lowest BCUT2D eigenvalue weighted by Crippen LogP contribution is -2.37. The molecule has 0 atom stereocenters. The fraction of sp³-hybridized carbons (Fsp3) is 0.278. The molecule has 2 rings (SSSR count). The summed E-state index contributed by atoms with van der Waals surface area (Å²) >= 11 is 0. The number of hydrogen-bond acceptors (Lipinski definition) is 4. The number of nitrogens with one attached hydrogen (secondary N) is 2. The van der Waals surface area contributed by atoms with Gasteiger partial charge in [-0.25, -0.2) is 13.2 Å². The second kappa shape index (κ2) is 9.08. The Labute approximate surface area is 148 Å². The topological polar surface area (TPSA) is 84.5 Å². The highest BCUT2D eigenvalue weighted by molar-refractivity contribution is 7.89. The summed E-state index contributed by atoms with van der Waals surface area (Å²) in [6.07, 6.45) is 1.20. The molecule has 2 aromatic carbocycles. The van der Waals surface area contributed by atoms with Crippen molar-refractivity contribution >= 4 is 15.9 Å². The first-order valence-corrected chi connectivity index (χ1v) is 9.93. The first kappa shape index (κ1) is 18.8. The van der Waals surface area contributed by atoms with E-state index < -0.39 is 9.84 Å². The maximum Gasteiger partial charge on any atom is 0.315 e. The third kappa shape index (κ3) is 7.71. The minimum absolute atomic E-state index is 0.0165. The summed E-state index contributed by atoms with van der Waals surface area (Å²) in [6, 6.07) is 16.2. The number of carbonyl (C=O) groups is 1. The van der Waals surface area contributed by atoms with Crippen LogP contribution >= 0.6 is 0 Å². The molecule has 2 aromatic rings. The summed E-state index contributed by atoms with van der Waals surface area (Å²) in [5.41, 5.74) is 1.63. The van der Waals surface area contributed by atoms with Crippen LogP contribution in [0.4, 0.5) is 4.79 Å². The van der Waals surface area contributed by atoms with Gasteiger partial charge in [0.2, 0.25) is 0 Å². The number of urea groups is 1. The van der Waals surface area contributed by atoms with Crippen LogP contribution in [-0.2, 0) is 22.1 Å². The van der Waals surface area contributed by atoms with Crippen LogP contribution in [-0.4, -0.2) is 33.9 Å². The maximum atomic E-state index is 11.7. The molecular weight excluding hydrogens is 340 g/mol. The van der Waals surface area contributed by atoms with Gasteiger partial charge in [0, 0.05) is 12.8 Å². The molecule has 0 saturated carbocycles. The Bertz CT molecular complexity index is 774. The van der Waals surface area contributed by atoms with Gasteiger partial charge >= 0.3 is 6.03 Å². The molecule has 0 unspecified atom stereocenters. The monoisotopic (exact) mass is 362 g/mol. The van der Waals surface area contributed by atoms with Gasteiger partial charge in [-0.2, -0.15) is 0 Å². The molecule has 0 saturated heterocycles. The smallest absolute Gasteiger partial charge is 0.315 e. The molecule has 0 bridgehead atoms. The number of carbonyl (C=O) groups excluding carboxylic acids is 1. The van der Waals surface area contributed by atoms with E-state index in [2.05, 4.69) is 10.6 Å². The van der Waals surface area contributed by atoms with Crippen LogP contribution in [0.2, 0.25) is 0 Å². The Hall–Kier alpha value is -2.54. The predicted molar refractivity (Wildman–Crippen MR) is 97.2 cm³/mol. The average Bonchev–Trinajstić information content (AvgIpc) is 2.58. The lowest BCUT2D eigenvalue weighted by atomic mass is 10.1. The maximum absolute atomic E-state index is 11.7. The third-order valence-corrected chi connectivity index (χ3v) is 4.16. The largest absolute Gasteiger partial charge is 0.492 e. The van der Waals surface area contributed by atoms with Crippen LogP contribution in [0.25, 0.3) is 0 Å². The van der Waals surface area contributed by atoms with Gasteiger partial charge in [-0.3, -0.25) is 0 Å². The third-order valence-electron chi connectivity index (χ3n) is 3.30. The molecule has 0 aliphatic heterocycles. The summed E-state index contributed by atoms with van der Waals surface area (Å²) < 4.78 is 28.0. The number of amides is 2. The van der Waals surface area contributed by atoms with Gasteiger partial charge < -0.3 is 15.4 Å². The molecule has 0 aliphatic rings. The van der Waals surface area contributed by atoms with Crippen molar-refractivity contribution in [3.63, 3.8) is 0 Å². The summed E-state index contributed by atoms with van der Waals surface area (Å²) in [4.78, 5) is 11.7. The molecule has 2 amide bonds. The normalized spacial score (nSPS) is 10.9. The van der Waals surface area contributed by atoms with Gasteiger partial charge in [-0.1, -0.05) is 42.5 Å². The molecule has 25 heavy (non-hydrogen) atoms. The van der Waals surface area contributed by atoms with E-state index in [9.17, 15) is 13.2 Å². The number of benzene rings is 2. The van der Waals surface area contributed by atoms with Crippen molar-refractivity contribution in [2.75, 3.05) is 19.4 Å². The van der Waals surface area contributed by atoms with Crippen molar-refractivity contribution in [2.24, 2.45) is 0 Å². The van der Waals surface area contributed by atoms with Crippen LogP contribution in [0.5, 0.6) is 5.75 Å². The zero-order valence-electron chi connectivity index (χ0n) is 14.1. The Morgan fingerprint density at radius 3 is 2.24 bits per heavy atom. The van der Waals surface area contributed by atoms with Gasteiger partial charge in [-0.15, -0.1) is 0 Å².